The van der Waals surface area contributed by atoms with Crippen molar-refractivity contribution in [2.45, 2.75) is 45.3 Å². The van der Waals surface area contributed by atoms with Crippen molar-refractivity contribution < 1.29 is 14.6 Å². The van der Waals surface area contributed by atoms with Gasteiger partial charge in [-0.3, -0.25) is 0 Å². The molecule has 1 heterocycles. The van der Waals surface area contributed by atoms with E-state index in [0.717, 1.165) is 11.1 Å². The molecule has 2 rings (SSSR count). The Bertz CT molecular complexity index is 555. The molecule has 1 aliphatic rings. The van der Waals surface area contributed by atoms with Crippen molar-refractivity contribution in [1.82, 2.24) is 4.90 Å². The lowest BCUT2D eigenvalue weighted by Gasteiger charge is -2.34. The first kappa shape index (κ1) is 16.6. The van der Waals surface area contributed by atoms with Crippen LogP contribution in [0.1, 0.15) is 39.7 Å². The molecule has 120 valence electrons. The summed E-state index contributed by atoms with van der Waals surface area (Å²) in [6, 6.07) is 9.60. The van der Waals surface area contributed by atoms with Gasteiger partial charge < -0.3 is 14.7 Å². The molecule has 1 aliphatic heterocycles. The molecule has 4 nitrogen and oxygen atoms in total. The third kappa shape index (κ3) is 3.89. The zero-order chi connectivity index (χ0) is 16.4. The van der Waals surface area contributed by atoms with Crippen LogP contribution in [0.15, 0.2) is 42.0 Å². The van der Waals surface area contributed by atoms with E-state index >= 15 is 0 Å². The highest BCUT2D eigenvalue weighted by Crippen LogP contribution is 2.32. The normalized spacial score (nSPS) is 18.4. The number of ether oxygens (including phenoxy) is 1. The van der Waals surface area contributed by atoms with Crippen LogP contribution in [-0.2, 0) is 10.3 Å². The number of carbonyl (C=O) groups is 1. The summed E-state index contributed by atoms with van der Waals surface area (Å²) in [6.07, 6.45) is 2.27. The van der Waals surface area contributed by atoms with E-state index in [1.165, 1.54) is 0 Å². The first-order valence-corrected chi connectivity index (χ1v) is 7.65. The lowest BCUT2D eigenvalue weighted by atomic mass is 9.84. The molecule has 0 radical (unpaired) electrons. The van der Waals surface area contributed by atoms with Gasteiger partial charge in [-0.25, -0.2) is 4.79 Å². The zero-order valence-corrected chi connectivity index (χ0v) is 13.8. The molecule has 0 aliphatic carbocycles. The van der Waals surface area contributed by atoms with Crippen LogP contribution in [0.25, 0.3) is 0 Å². The van der Waals surface area contributed by atoms with Gasteiger partial charge in [0.05, 0.1) is 0 Å². The third-order valence-electron chi connectivity index (χ3n) is 3.82. The molecule has 0 saturated carbocycles. The molecule has 1 atom stereocenters. The molecule has 0 saturated heterocycles. The van der Waals surface area contributed by atoms with E-state index in [-0.39, 0.29) is 6.09 Å². The quantitative estimate of drug-likeness (QED) is 0.851. The summed E-state index contributed by atoms with van der Waals surface area (Å²) >= 11 is 0. The maximum absolute atomic E-state index is 12.1. The molecule has 1 aromatic carbocycles. The van der Waals surface area contributed by atoms with Crippen molar-refractivity contribution in [3.8, 4) is 0 Å². The largest absolute Gasteiger partial charge is 0.444 e. The first-order valence-electron chi connectivity index (χ1n) is 7.65. The zero-order valence-electron chi connectivity index (χ0n) is 13.8. The van der Waals surface area contributed by atoms with Gasteiger partial charge in [0.25, 0.3) is 0 Å². The average molecular weight is 303 g/mol. The fourth-order valence-electron chi connectivity index (χ4n) is 2.55. The molecule has 0 spiro atoms. The minimum Gasteiger partial charge on any atom is -0.444 e. The molecule has 1 aromatic rings. The number of rotatable bonds is 2. The highest BCUT2D eigenvalue weighted by molar-refractivity contribution is 5.68. The standard InChI is InChI=1S/C18H25NO3/c1-17(2,3)22-16(20)19-12-10-15(11-13-19)18(4,21)14-8-6-5-7-9-14/h5-10,21H,11-13H2,1-4H3/t18-/m0/s1. The second-order valence-electron chi connectivity index (χ2n) is 6.84. The van der Waals surface area contributed by atoms with Gasteiger partial charge in [-0.05, 0) is 45.3 Å². The summed E-state index contributed by atoms with van der Waals surface area (Å²) in [5.74, 6) is 0. The summed E-state index contributed by atoms with van der Waals surface area (Å²) in [5, 5.41) is 10.8. The molecule has 4 heteroatoms. The minimum absolute atomic E-state index is 0.304. The van der Waals surface area contributed by atoms with Gasteiger partial charge in [0.1, 0.15) is 11.2 Å². The summed E-state index contributed by atoms with van der Waals surface area (Å²) < 4.78 is 5.38. The van der Waals surface area contributed by atoms with Gasteiger partial charge in [0.2, 0.25) is 0 Å². The van der Waals surface area contributed by atoms with Gasteiger partial charge in [0.15, 0.2) is 0 Å². The Hall–Kier alpha value is -1.81. The van der Waals surface area contributed by atoms with E-state index in [1.807, 2.05) is 57.2 Å². The maximum Gasteiger partial charge on any atom is 0.410 e. The van der Waals surface area contributed by atoms with Crippen LogP contribution in [-0.4, -0.2) is 34.8 Å². The fourth-order valence-corrected chi connectivity index (χ4v) is 2.55. The second kappa shape index (κ2) is 6.13. The molecule has 22 heavy (non-hydrogen) atoms. The monoisotopic (exact) mass is 303 g/mol. The van der Waals surface area contributed by atoms with Gasteiger partial charge in [-0.1, -0.05) is 36.4 Å². The molecule has 0 aromatic heterocycles. The van der Waals surface area contributed by atoms with Crippen LogP contribution in [0.2, 0.25) is 0 Å². The van der Waals surface area contributed by atoms with E-state index < -0.39 is 11.2 Å². The summed E-state index contributed by atoms with van der Waals surface area (Å²) in [7, 11) is 0. The van der Waals surface area contributed by atoms with Gasteiger partial charge in [-0.2, -0.15) is 0 Å². The van der Waals surface area contributed by atoms with Gasteiger partial charge >= 0.3 is 6.09 Å². The highest BCUT2D eigenvalue weighted by atomic mass is 16.6. The van der Waals surface area contributed by atoms with Crippen LogP contribution >= 0.6 is 0 Å². The highest BCUT2D eigenvalue weighted by Gasteiger charge is 2.31. The smallest absolute Gasteiger partial charge is 0.410 e. The molecule has 1 N–H and O–H groups in total. The van der Waals surface area contributed by atoms with Crippen molar-refractivity contribution in [2.75, 3.05) is 13.1 Å². The Labute approximate surface area is 132 Å². The van der Waals surface area contributed by atoms with Crippen molar-refractivity contribution in [2.24, 2.45) is 0 Å². The fraction of sp³-hybridized carbons (Fsp3) is 0.500. The predicted molar refractivity (Wildman–Crippen MR) is 86.5 cm³/mol. The molecular weight excluding hydrogens is 278 g/mol. The Morgan fingerprint density at radius 1 is 1.18 bits per heavy atom. The Morgan fingerprint density at radius 2 is 1.82 bits per heavy atom. The van der Waals surface area contributed by atoms with Crippen LogP contribution in [0, 0.1) is 0 Å². The van der Waals surface area contributed by atoms with Gasteiger partial charge in [-0.15, -0.1) is 0 Å². The molecule has 1 amide bonds. The number of benzene rings is 1. The third-order valence-corrected chi connectivity index (χ3v) is 3.82. The number of nitrogens with zero attached hydrogens (tertiary/aromatic N) is 1. The van der Waals surface area contributed by atoms with E-state index in [0.29, 0.717) is 19.5 Å². The molecule has 0 unspecified atom stereocenters. The number of hydrogen-bond acceptors (Lipinski definition) is 3. The second-order valence-corrected chi connectivity index (χ2v) is 6.84. The van der Waals surface area contributed by atoms with Gasteiger partial charge in [0, 0.05) is 13.1 Å². The number of hydrogen-bond donors (Lipinski definition) is 1. The molecule has 0 fully saturated rings. The van der Waals surface area contributed by atoms with Crippen molar-refractivity contribution >= 4 is 6.09 Å². The lowest BCUT2D eigenvalue weighted by Crippen LogP contribution is -2.41. The number of amides is 1. The van der Waals surface area contributed by atoms with E-state index in [9.17, 15) is 9.90 Å². The summed E-state index contributed by atoms with van der Waals surface area (Å²) in [5.41, 5.74) is 0.322. The van der Waals surface area contributed by atoms with E-state index in [4.69, 9.17) is 4.74 Å². The van der Waals surface area contributed by atoms with Crippen molar-refractivity contribution in [1.29, 1.82) is 0 Å². The Morgan fingerprint density at radius 3 is 2.32 bits per heavy atom. The van der Waals surface area contributed by atoms with E-state index in [1.54, 1.807) is 11.8 Å². The van der Waals surface area contributed by atoms with Crippen LogP contribution in [0.5, 0.6) is 0 Å². The Balaban J connectivity index is 2.07. The molecule has 0 bridgehead atoms. The lowest BCUT2D eigenvalue weighted by molar-refractivity contribution is 0.0242. The topological polar surface area (TPSA) is 49.8 Å². The average Bonchev–Trinajstić information content (AvgIpc) is 2.46. The van der Waals surface area contributed by atoms with E-state index in [2.05, 4.69) is 0 Å². The SMILES string of the molecule is CC(C)(C)OC(=O)N1CC=C([C@@](C)(O)c2ccccc2)CC1. The van der Waals surface area contributed by atoms with Crippen LogP contribution < -0.4 is 0 Å². The number of carbonyl (C=O) groups excluding carboxylic acids is 1. The first-order chi connectivity index (χ1) is 10.2. The van der Waals surface area contributed by atoms with Crippen LogP contribution in [0.3, 0.4) is 0 Å². The summed E-state index contributed by atoms with van der Waals surface area (Å²) in [6.45, 7) is 8.40. The number of aliphatic hydroxyl groups is 1. The minimum atomic E-state index is -0.999. The van der Waals surface area contributed by atoms with Crippen molar-refractivity contribution in [3.63, 3.8) is 0 Å². The summed E-state index contributed by atoms with van der Waals surface area (Å²) in [4.78, 5) is 13.7. The van der Waals surface area contributed by atoms with Crippen LogP contribution in [0.4, 0.5) is 4.79 Å². The molecular formula is C18H25NO3. The maximum atomic E-state index is 12.1. The van der Waals surface area contributed by atoms with Crippen molar-refractivity contribution in [3.05, 3.63) is 47.5 Å². The Kier molecular flexibility index (Phi) is 4.61. The predicted octanol–water partition coefficient (Wildman–Crippen LogP) is 3.46.